The first-order valence-electron chi connectivity index (χ1n) is 7.18. The fourth-order valence-electron chi connectivity index (χ4n) is 3.38. The van der Waals surface area contributed by atoms with Gasteiger partial charge in [0, 0.05) is 25.0 Å². The summed E-state index contributed by atoms with van der Waals surface area (Å²) in [5.41, 5.74) is 0. The number of fused-ring (bicyclic) bond motifs is 1. The van der Waals surface area contributed by atoms with Crippen LogP contribution in [0.3, 0.4) is 0 Å². The van der Waals surface area contributed by atoms with Crippen LogP contribution in [-0.4, -0.2) is 62.0 Å². The molecule has 2 aliphatic heterocycles. The predicted octanol–water partition coefficient (Wildman–Crippen LogP) is 1.61. The molecule has 0 aromatic heterocycles. The summed E-state index contributed by atoms with van der Waals surface area (Å²) < 4.78 is 26.4. The molecule has 4 nitrogen and oxygen atoms in total. The van der Waals surface area contributed by atoms with Gasteiger partial charge in [-0.05, 0) is 44.7 Å². The van der Waals surface area contributed by atoms with E-state index in [0.29, 0.717) is 30.9 Å². The van der Waals surface area contributed by atoms with E-state index < -0.39 is 10.0 Å². The Morgan fingerprint density at radius 1 is 1.32 bits per heavy atom. The van der Waals surface area contributed by atoms with Crippen LogP contribution in [0.4, 0.5) is 0 Å². The third-order valence-corrected chi connectivity index (χ3v) is 7.10. The molecule has 6 heteroatoms. The van der Waals surface area contributed by atoms with Crippen molar-refractivity contribution in [2.45, 2.75) is 32.2 Å². The van der Waals surface area contributed by atoms with Crippen LogP contribution < -0.4 is 0 Å². The number of alkyl halides is 1. The largest absolute Gasteiger partial charge is 0.303 e. The molecule has 19 heavy (non-hydrogen) atoms. The van der Waals surface area contributed by atoms with E-state index in [-0.39, 0.29) is 11.7 Å². The second-order valence-corrected chi connectivity index (χ2v) is 8.46. The molecule has 2 saturated heterocycles. The summed E-state index contributed by atoms with van der Waals surface area (Å²) in [5.74, 6) is 1.12. The summed E-state index contributed by atoms with van der Waals surface area (Å²) in [4.78, 5) is 2.40. The fraction of sp³-hybridized carbons (Fsp3) is 1.00. The van der Waals surface area contributed by atoms with Crippen molar-refractivity contribution < 1.29 is 8.42 Å². The maximum atomic E-state index is 12.4. The van der Waals surface area contributed by atoms with Crippen molar-refractivity contribution in [3.8, 4) is 0 Å². The van der Waals surface area contributed by atoms with Crippen molar-refractivity contribution in [2.24, 2.45) is 11.8 Å². The minimum absolute atomic E-state index is 0.0263. The molecule has 0 aromatic carbocycles. The van der Waals surface area contributed by atoms with Gasteiger partial charge in [-0.3, -0.25) is 0 Å². The van der Waals surface area contributed by atoms with Crippen molar-refractivity contribution in [3.05, 3.63) is 0 Å². The molecule has 112 valence electrons. The average molecular weight is 309 g/mol. The van der Waals surface area contributed by atoms with E-state index >= 15 is 0 Å². The molecule has 0 saturated carbocycles. The van der Waals surface area contributed by atoms with E-state index in [0.717, 1.165) is 19.4 Å². The maximum Gasteiger partial charge on any atom is 0.214 e. The zero-order valence-electron chi connectivity index (χ0n) is 11.9. The second-order valence-electron chi connectivity index (χ2n) is 6.13. The monoisotopic (exact) mass is 308 g/mol. The van der Waals surface area contributed by atoms with Gasteiger partial charge in [0.2, 0.25) is 10.0 Å². The third kappa shape index (κ3) is 3.63. The number of nitrogens with zero attached hydrogens (tertiary/aromatic N) is 2. The quantitative estimate of drug-likeness (QED) is 0.741. The first kappa shape index (κ1) is 15.5. The Bertz CT molecular complexity index is 401. The summed E-state index contributed by atoms with van der Waals surface area (Å²) >= 11 is 5.74. The Kier molecular flexibility index (Phi) is 5.15. The van der Waals surface area contributed by atoms with Crippen molar-refractivity contribution >= 4 is 21.6 Å². The lowest BCUT2D eigenvalue weighted by Crippen LogP contribution is -2.54. The zero-order chi connectivity index (χ0) is 14.0. The summed E-state index contributed by atoms with van der Waals surface area (Å²) in [6.45, 7) is 4.41. The van der Waals surface area contributed by atoms with Gasteiger partial charge < -0.3 is 4.90 Å². The molecule has 2 aliphatic rings. The minimum atomic E-state index is -3.13. The standard InChI is InChI=1S/C13H25ClN2O2S/c1-11(8-14)10-19(17,18)16-7-5-13-12(9-16)4-3-6-15(13)2/h11-13H,3-10H2,1-2H3. The predicted molar refractivity (Wildman–Crippen MR) is 79.0 cm³/mol. The van der Waals surface area contributed by atoms with Gasteiger partial charge in [0.25, 0.3) is 0 Å². The average Bonchev–Trinajstić information content (AvgIpc) is 2.38. The summed E-state index contributed by atoms with van der Waals surface area (Å²) in [5, 5.41) is 0. The smallest absolute Gasteiger partial charge is 0.214 e. The highest BCUT2D eigenvalue weighted by Gasteiger charge is 2.38. The van der Waals surface area contributed by atoms with E-state index in [2.05, 4.69) is 11.9 Å². The van der Waals surface area contributed by atoms with Crippen LogP contribution in [0.5, 0.6) is 0 Å². The SMILES string of the molecule is CC(CCl)CS(=O)(=O)N1CCC2C(CCCN2C)C1. The first-order valence-corrected chi connectivity index (χ1v) is 9.32. The fourth-order valence-corrected chi connectivity index (χ4v) is 5.47. The molecule has 0 N–H and O–H groups in total. The van der Waals surface area contributed by atoms with Crippen molar-refractivity contribution in [2.75, 3.05) is 38.3 Å². The Morgan fingerprint density at radius 3 is 2.74 bits per heavy atom. The zero-order valence-corrected chi connectivity index (χ0v) is 13.5. The Hall–Kier alpha value is 0.160. The van der Waals surface area contributed by atoms with E-state index in [4.69, 9.17) is 11.6 Å². The van der Waals surface area contributed by atoms with Crippen LogP contribution in [0.1, 0.15) is 26.2 Å². The number of sulfonamides is 1. The first-order chi connectivity index (χ1) is 8.94. The van der Waals surface area contributed by atoms with Crippen LogP contribution in [0, 0.1) is 11.8 Å². The molecule has 0 aromatic rings. The molecular weight excluding hydrogens is 284 g/mol. The van der Waals surface area contributed by atoms with E-state index in [1.165, 1.54) is 6.42 Å². The highest BCUT2D eigenvalue weighted by Crippen LogP contribution is 2.31. The van der Waals surface area contributed by atoms with Crippen molar-refractivity contribution in [1.82, 2.24) is 9.21 Å². The van der Waals surface area contributed by atoms with Gasteiger partial charge in [-0.25, -0.2) is 12.7 Å². The van der Waals surface area contributed by atoms with E-state index in [9.17, 15) is 8.42 Å². The van der Waals surface area contributed by atoms with Crippen molar-refractivity contribution in [3.63, 3.8) is 0 Å². The molecule has 2 heterocycles. The number of halogens is 1. The number of hydrogen-bond acceptors (Lipinski definition) is 3. The van der Waals surface area contributed by atoms with Crippen LogP contribution in [0.2, 0.25) is 0 Å². The third-order valence-electron chi connectivity index (χ3n) is 4.46. The van der Waals surface area contributed by atoms with Crippen LogP contribution >= 0.6 is 11.6 Å². The van der Waals surface area contributed by atoms with Crippen LogP contribution in [-0.2, 0) is 10.0 Å². The molecule has 2 fully saturated rings. The minimum Gasteiger partial charge on any atom is -0.303 e. The molecule has 0 bridgehead atoms. The van der Waals surface area contributed by atoms with Gasteiger partial charge in [-0.15, -0.1) is 11.6 Å². The molecule has 0 aliphatic carbocycles. The normalized spacial score (nSPS) is 31.9. The van der Waals surface area contributed by atoms with Crippen LogP contribution in [0.25, 0.3) is 0 Å². The van der Waals surface area contributed by atoms with E-state index in [1.54, 1.807) is 4.31 Å². The molecule has 2 rings (SSSR count). The molecule has 3 unspecified atom stereocenters. The molecule has 0 amide bonds. The van der Waals surface area contributed by atoms with E-state index in [1.807, 2.05) is 6.92 Å². The number of piperidine rings is 2. The van der Waals surface area contributed by atoms with Gasteiger partial charge in [0.15, 0.2) is 0 Å². The van der Waals surface area contributed by atoms with Gasteiger partial charge in [0.1, 0.15) is 0 Å². The summed E-state index contributed by atoms with van der Waals surface area (Å²) in [6, 6.07) is 0.575. The van der Waals surface area contributed by atoms with Gasteiger partial charge in [-0.2, -0.15) is 0 Å². The highest BCUT2D eigenvalue weighted by molar-refractivity contribution is 7.89. The summed E-state index contributed by atoms with van der Waals surface area (Å²) in [6.07, 6.45) is 3.31. The Balaban J connectivity index is 2.00. The maximum absolute atomic E-state index is 12.4. The molecule has 0 radical (unpaired) electrons. The lowest BCUT2D eigenvalue weighted by atomic mass is 9.85. The lowest BCUT2D eigenvalue weighted by Gasteiger charge is -2.45. The number of hydrogen-bond donors (Lipinski definition) is 0. The highest BCUT2D eigenvalue weighted by atomic mass is 35.5. The Morgan fingerprint density at radius 2 is 2.05 bits per heavy atom. The Labute approximate surface area is 122 Å². The molecular formula is C13H25ClN2O2S. The lowest BCUT2D eigenvalue weighted by molar-refractivity contribution is 0.0670. The van der Waals surface area contributed by atoms with Gasteiger partial charge >= 0.3 is 0 Å². The topological polar surface area (TPSA) is 40.6 Å². The molecule has 0 spiro atoms. The van der Waals surface area contributed by atoms with Crippen molar-refractivity contribution in [1.29, 1.82) is 0 Å². The molecule has 3 atom stereocenters. The van der Waals surface area contributed by atoms with Gasteiger partial charge in [-0.1, -0.05) is 6.92 Å². The second kappa shape index (κ2) is 6.29. The number of rotatable bonds is 4. The van der Waals surface area contributed by atoms with Crippen LogP contribution in [0.15, 0.2) is 0 Å². The summed E-state index contributed by atoms with van der Waals surface area (Å²) in [7, 11) is -0.969. The number of likely N-dealkylation sites (tertiary alicyclic amines) is 1. The van der Waals surface area contributed by atoms with Gasteiger partial charge in [0.05, 0.1) is 5.75 Å².